The molecule has 1 atom stereocenters. The van der Waals surface area contributed by atoms with Crippen molar-refractivity contribution in [2.24, 2.45) is 0 Å². The lowest BCUT2D eigenvalue weighted by Gasteiger charge is -2.37. The molecule has 1 fully saturated rings. The normalized spacial score (nSPS) is 17.7. The van der Waals surface area contributed by atoms with Gasteiger partial charge in [0.2, 0.25) is 0 Å². The number of rotatable bonds is 5. The third-order valence-corrected chi connectivity index (χ3v) is 5.01. The summed E-state index contributed by atoms with van der Waals surface area (Å²) >= 11 is 3.46. The Morgan fingerprint density at radius 2 is 2.12 bits per heavy atom. The number of halogens is 1. The average Bonchev–Trinajstić information content (AvgIpc) is 2.97. The highest BCUT2D eigenvalue weighted by Crippen LogP contribution is 2.31. The first-order valence-electron chi connectivity index (χ1n) is 7.93. The minimum atomic E-state index is -0.832. The first kappa shape index (κ1) is 17.0. The van der Waals surface area contributed by atoms with Crippen LogP contribution in [0.3, 0.4) is 0 Å². The lowest BCUT2D eigenvalue weighted by Crippen LogP contribution is -2.49. The van der Waals surface area contributed by atoms with E-state index in [0.29, 0.717) is 19.5 Å². The maximum Gasteiger partial charge on any atom is 0.325 e. The largest absolute Gasteiger partial charge is 0.480 e. The van der Waals surface area contributed by atoms with E-state index >= 15 is 0 Å². The molecular weight excluding hydrogens is 372 g/mol. The number of piperazine rings is 1. The van der Waals surface area contributed by atoms with Crippen molar-refractivity contribution >= 4 is 32.8 Å². The number of carboxylic acids is 1. The molecule has 0 unspecified atom stereocenters. The van der Waals surface area contributed by atoms with Crippen LogP contribution in [-0.4, -0.2) is 58.6 Å². The van der Waals surface area contributed by atoms with Crippen molar-refractivity contribution in [1.29, 1.82) is 5.26 Å². The minimum absolute atomic E-state index is 0.513. The van der Waals surface area contributed by atoms with E-state index in [0.717, 1.165) is 40.6 Å². The Labute approximate surface area is 148 Å². The maximum absolute atomic E-state index is 12.0. The van der Waals surface area contributed by atoms with Crippen molar-refractivity contribution in [3.63, 3.8) is 0 Å². The lowest BCUT2D eigenvalue weighted by atomic mass is 10.0. The van der Waals surface area contributed by atoms with Crippen LogP contribution in [0, 0.1) is 11.3 Å². The molecule has 0 amide bonds. The second-order valence-electron chi connectivity index (χ2n) is 5.96. The molecule has 2 N–H and O–H groups in total. The number of carbonyl (C=O) groups is 1. The Morgan fingerprint density at radius 1 is 1.38 bits per heavy atom. The van der Waals surface area contributed by atoms with Gasteiger partial charge in [-0.3, -0.25) is 14.6 Å². The number of aliphatic carboxylic acids is 1. The van der Waals surface area contributed by atoms with Crippen LogP contribution in [0.1, 0.15) is 18.0 Å². The van der Waals surface area contributed by atoms with Gasteiger partial charge in [-0.15, -0.1) is 0 Å². The summed E-state index contributed by atoms with van der Waals surface area (Å²) in [6.07, 6.45) is 2.32. The van der Waals surface area contributed by atoms with E-state index in [4.69, 9.17) is 5.26 Å². The Morgan fingerprint density at radius 3 is 2.79 bits per heavy atom. The number of hydrogen-bond donors (Lipinski definition) is 2. The van der Waals surface area contributed by atoms with Gasteiger partial charge in [0.15, 0.2) is 0 Å². The molecule has 1 aliphatic rings. The molecule has 7 heteroatoms. The van der Waals surface area contributed by atoms with Crippen LogP contribution in [0.4, 0.5) is 0 Å². The fraction of sp³-hybridized carbons (Fsp3) is 0.412. The standard InChI is InChI=1S/C17H19BrN4O2/c18-12-2-3-15-13(10-12)14(11-20-15)16(17(23)24)22-8-6-21(7-9-22)5-1-4-19/h2-3,10-11,16,20H,1,5-9H2,(H,23,24)/t16-/m0/s1. The molecule has 6 nitrogen and oxygen atoms in total. The van der Waals surface area contributed by atoms with Crippen LogP contribution in [-0.2, 0) is 4.79 Å². The predicted octanol–water partition coefficient (Wildman–Crippen LogP) is 2.59. The number of H-pyrrole nitrogens is 1. The third-order valence-electron chi connectivity index (χ3n) is 4.52. The van der Waals surface area contributed by atoms with Crippen molar-refractivity contribution < 1.29 is 9.90 Å². The van der Waals surface area contributed by atoms with Crippen LogP contribution in [0.2, 0.25) is 0 Å². The van der Waals surface area contributed by atoms with E-state index in [9.17, 15) is 9.90 Å². The molecule has 126 valence electrons. The van der Waals surface area contributed by atoms with Crippen molar-refractivity contribution in [2.75, 3.05) is 32.7 Å². The number of nitriles is 1. The summed E-state index contributed by atoms with van der Waals surface area (Å²) in [7, 11) is 0. The number of fused-ring (bicyclic) bond motifs is 1. The molecule has 0 saturated carbocycles. The zero-order valence-electron chi connectivity index (χ0n) is 13.2. The monoisotopic (exact) mass is 390 g/mol. The van der Waals surface area contributed by atoms with E-state index in [1.165, 1.54) is 0 Å². The fourth-order valence-electron chi connectivity index (χ4n) is 3.28. The molecule has 0 aliphatic carbocycles. The van der Waals surface area contributed by atoms with Gasteiger partial charge in [0.05, 0.1) is 6.07 Å². The highest BCUT2D eigenvalue weighted by atomic mass is 79.9. The second-order valence-corrected chi connectivity index (χ2v) is 6.88. The van der Waals surface area contributed by atoms with Gasteiger partial charge in [0.25, 0.3) is 0 Å². The molecule has 0 radical (unpaired) electrons. The number of aromatic nitrogens is 1. The number of hydrogen-bond acceptors (Lipinski definition) is 4. The lowest BCUT2D eigenvalue weighted by molar-refractivity contribution is -0.144. The van der Waals surface area contributed by atoms with Crippen LogP contribution < -0.4 is 0 Å². The molecule has 24 heavy (non-hydrogen) atoms. The quantitative estimate of drug-likeness (QED) is 0.819. The van der Waals surface area contributed by atoms with Gasteiger partial charge in [-0.2, -0.15) is 5.26 Å². The Bertz CT molecular complexity index is 774. The van der Waals surface area contributed by atoms with Crippen molar-refractivity contribution in [3.05, 3.63) is 34.4 Å². The molecular formula is C17H19BrN4O2. The highest BCUT2D eigenvalue weighted by molar-refractivity contribution is 9.10. The first-order chi connectivity index (χ1) is 11.6. The van der Waals surface area contributed by atoms with Gasteiger partial charge >= 0.3 is 5.97 Å². The fourth-order valence-corrected chi connectivity index (χ4v) is 3.64. The molecule has 1 aromatic heterocycles. The average molecular weight is 391 g/mol. The molecule has 1 aromatic carbocycles. The van der Waals surface area contributed by atoms with Gasteiger partial charge in [0, 0.05) is 66.3 Å². The van der Waals surface area contributed by atoms with Crippen LogP contribution in [0.25, 0.3) is 10.9 Å². The zero-order valence-corrected chi connectivity index (χ0v) is 14.8. The van der Waals surface area contributed by atoms with Gasteiger partial charge in [0.1, 0.15) is 6.04 Å². The number of carboxylic acid groups (broad SMARTS) is 1. The van der Waals surface area contributed by atoms with Gasteiger partial charge in [-0.05, 0) is 18.2 Å². The van der Waals surface area contributed by atoms with Gasteiger partial charge < -0.3 is 10.1 Å². The number of benzene rings is 1. The molecule has 3 rings (SSSR count). The van der Waals surface area contributed by atoms with Crippen molar-refractivity contribution in [1.82, 2.24) is 14.8 Å². The van der Waals surface area contributed by atoms with Crippen molar-refractivity contribution in [2.45, 2.75) is 12.5 Å². The summed E-state index contributed by atoms with van der Waals surface area (Å²) in [5.41, 5.74) is 1.73. The molecule has 2 heterocycles. The molecule has 0 spiro atoms. The maximum atomic E-state index is 12.0. The molecule has 2 aromatic rings. The van der Waals surface area contributed by atoms with E-state index in [2.05, 4.69) is 31.9 Å². The molecule has 1 saturated heterocycles. The Hall–Kier alpha value is -1.88. The molecule has 1 aliphatic heterocycles. The summed E-state index contributed by atoms with van der Waals surface area (Å²) in [6.45, 7) is 3.70. The summed E-state index contributed by atoms with van der Waals surface area (Å²) in [5.74, 6) is -0.832. The highest BCUT2D eigenvalue weighted by Gasteiger charge is 2.32. The van der Waals surface area contributed by atoms with Crippen molar-refractivity contribution in [3.8, 4) is 6.07 Å². The Kier molecular flexibility index (Phi) is 5.19. The summed E-state index contributed by atoms with van der Waals surface area (Å²) < 4.78 is 0.932. The number of nitrogens with one attached hydrogen (secondary N) is 1. The predicted molar refractivity (Wildman–Crippen MR) is 94.6 cm³/mol. The van der Waals surface area contributed by atoms with E-state index in [-0.39, 0.29) is 0 Å². The summed E-state index contributed by atoms with van der Waals surface area (Å²) in [4.78, 5) is 19.3. The summed E-state index contributed by atoms with van der Waals surface area (Å²) in [6, 6.07) is 7.34. The molecule has 0 bridgehead atoms. The van der Waals surface area contributed by atoms with Crippen LogP contribution in [0.15, 0.2) is 28.9 Å². The van der Waals surface area contributed by atoms with Gasteiger partial charge in [-0.25, -0.2) is 0 Å². The minimum Gasteiger partial charge on any atom is -0.480 e. The van der Waals surface area contributed by atoms with Crippen LogP contribution >= 0.6 is 15.9 Å². The Balaban J connectivity index is 1.82. The van der Waals surface area contributed by atoms with E-state index in [1.54, 1.807) is 6.20 Å². The van der Waals surface area contributed by atoms with Gasteiger partial charge in [-0.1, -0.05) is 15.9 Å². The summed E-state index contributed by atoms with van der Waals surface area (Å²) in [5, 5.41) is 19.4. The topological polar surface area (TPSA) is 83.4 Å². The van der Waals surface area contributed by atoms with Crippen LogP contribution in [0.5, 0.6) is 0 Å². The first-order valence-corrected chi connectivity index (χ1v) is 8.72. The van der Waals surface area contributed by atoms with E-state index in [1.807, 2.05) is 23.1 Å². The van der Waals surface area contributed by atoms with E-state index < -0.39 is 12.0 Å². The number of nitrogens with zero attached hydrogens (tertiary/aromatic N) is 3. The smallest absolute Gasteiger partial charge is 0.325 e. The SMILES string of the molecule is N#CCCN1CCN([C@H](C(=O)O)c2c[nH]c3ccc(Br)cc23)CC1. The zero-order chi connectivity index (χ0) is 17.1. The second kappa shape index (κ2) is 7.34. The third kappa shape index (κ3) is 3.46. The number of aromatic amines is 1.